The number of rotatable bonds is 13. The maximum Gasteiger partial charge on any atom is 0.186 e. The third-order valence-corrected chi connectivity index (χ3v) is 9.23. The standard InChI is InChI=1S/C33H48O13/c1-16-8-19(4-6-23(16)36)10-21(14-43-32-30(41)27(38)18(3)25(12-34)45-32)22(11-20-5-7-24(37)17(2)9-20)15-44-33-31(42)29(40)28(39)26(13-35)46-33/h4-9,18,21-22,25-42H,10-15H2,1-3H3/t18-,21+,22+,25-,26-,27+,28-,29+,30-,31-,32-,33-/m1/s1. The molecule has 13 heteroatoms. The number of aryl methyl sites for hydroxylation is 2. The number of phenolic OH excluding ortho intramolecular Hbond substituents is 2. The molecule has 258 valence electrons. The summed E-state index contributed by atoms with van der Waals surface area (Å²) in [5.41, 5.74) is 3.03. The van der Waals surface area contributed by atoms with Crippen molar-refractivity contribution in [1.29, 1.82) is 0 Å². The fraction of sp³-hybridized carbons (Fsp3) is 0.636. The first-order valence-corrected chi connectivity index (χ1v) is 15.6. The highest BCUT2D eigenvalue weighted by atomic mass is 16.7. The molecule has 9 N–H and O–H groups in total. The summed E-state index contributed by atoms with van der Waals surface area (Å²) < 4.78 is 23.5. The summed E-state index contributed by atoms with van der Waals surface area (Å²) in [6.07, 6.45) is -11.1. The topological polar surface area (TPSA) is 219 Å². The van der Waals surface area contributed by atoms with E-state index in [4.69, 9.17) is 18.9 Å². The summed E-state index contributed by atoms with van der Waals surface area (Å²) in [7, 11) is 0. The van der Waals surface area contributed by atoms with Crippen molar-refractivity contribution in [3.8, 4) is 11.5 Å². The summed E-state index contributed by atoms with van der Waals surface area (Å²) in [4.78, 5) is 0. The molecule has 13 nitrogen and oxygen atoms in total. The van der Waals surface area contributed by atoms with Crippen molar-refractivity contribution in [3.63, 3.8) is 0 Å². The van der Waals surface area contributed by atoms with E-state index in [0.29, 0.717) is 24.0 Å². The quantitative estimate of drug-likeness (QED) is 0.135. The van der Waals surface area contributed by atoms with Gasteiger partial charge >= 0.3 is 0 Å². The fourth-order valence-electron chi connectivity index (χ4n) is 6.08. The van der Waals surface area contributed by atoms with Crippen molar-refractivity contribution in [2.75, 3.05) is 26.4 Å². The van der Waals surface area contributed by atoms with Gasteiger partial charge < -0.3 is 64.9 Å². The molecule has 2 aliphatic rings. The molecule has 4 rings (SSSR count). The summed E-state index contributed by atoms with van der Waals surface area (Å²) in [6.45, 7) is 4.14. The molecular weight excluding hydrogens is 604 g/mol. The van der Waals surface area contributed by atoms with Gasteiger partial charge in [-0.05, 0) is 72.9 Å². The maximum atomic E-state index is 10.8. The lowest BCUT2D eigenvalue weighted by Crippen LogP contribution is -2.59. The molecule has 12 atom stereocenters. The van der Waals surface area contributed by atoms with E-state index >= 15 is 0 Å². The van der Waals surface area contributed by atoms with E-state index < -0.39 is 73.8 Å². The Bertz CT molecular complexity index is 1160. The molecule has 2 fully saturated rings. The van der Waals surface area contributed by atoms with Crippen LogP contribution in [0.25, 0.3) is 0 Å². The zero-order chi connectivity index (χ0) is 33.7. The number of benzene rings is 2. The second-order valence-corrected chi connectivity index (χ2v) is 12.6. The van der Waals surface area contributed by atoms with Gasteiger partial charge in [-0.15, -0.1) is 0 Å². The average Bonchev–Trinajstić information content (AvgIpc) is 3.04. The van der Waals surface area contributed by atoms with Crippen LogP contribution >= 0.6 is 0 Å². The lowest BCUT2D eigenvalue weighted by molar-refractivity contribution is -0.305. The van der Waals surface area contributed by atoms with E-state index in [0.717, 1.165) is 11.1 Å². The van der Waals surface area contributed by atoms with Gasteiger partial charge in [-0.25, -0.2) is 0 Å². The lowest BCUT2D eigenvalue weighted by atomic mass is 9.83. The number of hydrogen-bond donors (Lipinski definition) is 9. The number of phenols is 2. The monoisotopic (exact) mass is 652 g/mol. The van der Waals surface area contributed by atoms with Crippen LogP contribution in [0.1, 0.15) is 29.2 Å². The molecule has 0 bridgehead atoms. The van der Waals surface area contributed by atoms with Crippen LogP contribution in [0.4, 0.5) is 0 Å². The Balaban J connectivity index is 1.63. The molecular formula is C33H48O13. The first kappa shape index (κ1) is 36.4. The van der Waals surface area contributed by atoms with Gasteiger partial charge in [-0.2, -0.15) is 0 Å². The van der Waals surface area contributed by atoms with Gasteiger partial charge in [-0.3, -0.25) is 0 Å². The number of aliphatic hydroxyl groups is 7. The van der Waals surface area contributed by atoms with E-state index in [1.807, 2.05) is 12.1 Å². The van der Waals surface area contributed by atoms with Crippen LogP contribution in [0.5, 0.6) is 11.5 Å². The van der Waals surface area contributed by atoms with Crippen molar-refractivity contribution in [2.24, 2.45) is 17.8 Å². The SMILES string of the molecule is Cc1cc(C[C@@H](CO[C@@H]2O[C@H](CO)[C@@H](O)[C@H](O)[C@H]2O)[C@H](CO[C@@H]2O[C@H](CO)[C@@H](C)[C@H](O)[C@H]2O)Cc2ccc(O)c(C)c2)ccc1O. The molecule has 2 aliphatic heterocycles. The van der Waals surface area contributed by atoms with Gasteiger partial charge in [0.1, 0.15) is 42.0 Å². The molecule has 46 heavy (non-hydrogen) atoms. The zero-order valence-electron chi connectivity index (χ0n) is 26.3. The maximum absolute atomic E-state index is 10.8. The average molecular weight is 653 g/mol. The van der Waals surface area contributed by atoms with Crippen molar-refractivity contribution >= 4 is 0 Å². The summed E-state index contributed by atoms with van der Waals surface area (Å²) in [5.74, 6) is -1.05. The van der Waals surface area contributed by atoms with Crippen LogP contribution in [0.3, 0.4) is 0 Å². The van der Waals surface area contributed by atoms with Crippen LogP contribution in [-0.4, -0.2) is 128 Å². The molecule has 2 aromatic carbocycles. The van der Waals surface area contributed by atoms with Gasteiger partial charge in [0.2, 0.25) is 0 Å². The highest BCUT2D eigenvalue weighted by molar-refractivity contribution is 5.36. The van der Waals surface area contributed by atoms with Crippen LogP contribution in [-0.2, 0) is 31.8 Å². The van der Waals surface area contributed by atoms with Gasteiger partial charge in [0.15, 0.2) is 12.6 Å². The lowest BCUT2D eigenvalue weighted by Gasteiger charge is -2.42. The number of hydrogen-bond acceptors (Lipinski definition) is 13. The Morgan fingerprint density at radius 1 is 0.630 bits per heavy atom. The van der Waals surface area contributed by atoms with Gasteiger partial charge in [0.25, 0.3) is 0 Å². The Labute approximate surface area is 268 Å². The normalized spacial score (nSPS) is 33.1. The van der Waals surface area contributed by atoms with Crippen molar-refractivity contribution in [2.45, 2.75) is 88.9 Å². The van der Waals surface area contributed by atoms with E-state index in [9.17, 15) is 46.0 Å². The number of aromatic hydroxyl groups is 2. The van der Waals surface area contributed by atoms with Crippen LogP contribution in [0.15, 0.2) is 36.4 Å². The van der Waals surface area contributed by atoms with E-state index in [-0.39, 0.29) is 37.2 Å². The summed E-state index contributed by atoms with van der Waals surface area (Å²) in [6, 6.07) is 10.4. The first-order chi connectivity index (χ1) is 21.8. The van der Waals surface area contributed by atoms with Gasteiger partial charge in [0, 0.05) is 5.92 Å². The van der Waals surface area contributed by atoms with E-state index in [1.54, 1.807) is 45.0 Å². The van der Waals surface area contributed by atoms with Crippen molar-refractivity contribution in [1.82, 2.24) is 0 Å². The van der Waals surface area contributed by atoms with Crippen molar-refractivity contribution < 1.29 is 64.9 Å². The molecule has 0 radical (unpaired) electrons. The van der Waals surface area contributed by atoms with Crippen LogP contribution in [0, 0.1) is 31.6 Å². The molecule has 0 amide bonds. The van der Waals surface area contributed by atoms with Crippen LogP contribution in [0.2, 0.25) is 0 Å². The Hall–Kier alpha value is -2.40. The molecule has 0 saturated carbocycles. The second kappa shape index (κ2) is 16.1. The van der Waals surface area contributed by atoms with E-state index in [1.165, 1.54) is 0 Å². The minimum absolute atomic E-state index is 0.0132. The Morgan fingerprint density at radius 2 is 1.07 bits per heavy atom. The predicted molar refractivity (Wildman–Crippen MR) is 163 cm³/mol. The Kier molecular flexibility index (Phi) is 12.8. The largest absolute Gasteiger partial charge is 0.508 e. The number of aliphatic hydroxyl groups excluding tert-OH is 7. The molecule has 0 spiro atoms. The molecule has 2 aromatic rings. The van der Waals surface area contributed by atoms with Crippen molar-refractivity contribution in [3.05, 3.63) is 58.7 Å². The minimum atomic E-state index is -1.62. The van der Waals surface area contributed by atoms with Gasteiger partial charge in [0.05, 0.1) is 38.6 Å². The Morgan fingerprint density at radius 3 is 1.50 bits per heavy atom. The predicted octanol–water partition coefficient (Wildman–Crippen LogP) is -0.360. The molecule has 2 saturated heterocycles. The zero-order valence-corrected chi connectivity index (χ0v) is 26.3. The first-order valence-electron chi connectivity index (χ1n) is 15.6. The number of ether oxygens (including phenoxy) is 4. The minimum Gasteiger partial charge on any atom is -0.508 e. The highest BCUT2D eigenvalue weighted by Crippen LogP contribution is 2.32. The molecule has 0 unspecified atom stereocenters. The fourth-order valence-corrected chi connectivity index (χ4v) is 6.08. The summed E-state index contributed by atoms with van der Waals surface area (Å²) in [5, 5.41) is 92.1. The third-order valence-electron chi connectivity index (χ3n) is 9.23. The highest BCUT2D eigenvalue weighted by Gasteiger charge is 2.45. The summed E-state index contributed by atoms with van der Waals surface area (Å²) >= 11 is 0. The molecule has 0 aliphatic carbocycles. The van der Waals surface area contributed by atoms with E-state index in [2.05, 4.69) is 0 Å². The third kappa shape index (κ3) is 8.54. The molecule has 0 aromatic heterocycles. The van der Waals surface area contributed by atoms with Crippen LogP contribution < -0.4 is 0 Å². The smallest absolute Gasteiger partial charge is 0.186 e. The molecule has 2 heterocycles. The van der Waals surface area contributed by atoms with Gasteiger partial charge in [-0.1, -0.05) is 31.2 Å². The second-order valence-electron chi connectivity index (χ2n) is 12.6.